The van der Waals surface area contributed by atoms with Crippen molar-refractivity contribution in [2.45, 2.75) is 52.5 Å². The fraction of sp³-hybridized carbons (Fsp3) is 0.652. The second kappa shape index (κ2) is 8.36. The molecule has 1 saturated carbocycles. The minimum absolute atomic E-state index is 0.0121. The Balaban J connectivity index is 1.59. The second-order valence-electron chi connectivity index (χ2n) is 9.61. The van der Waals surface area contributed by atoms with Crippen molar-refractivity contribution in [3.63, 3.8) is 0 Å². The van der Waals surface area contributed by atoms with Crippen molar-refractivity contribution in [1.29, 1.82) is 0 Å². The van der Waals surface area contributed by atoms with E-state index in [1.807, 2.05) is 4.90 Å². The summed E-state index contributed by atoms with van der Waals surface area (Å²) in [5, 5.41) is 0. The third-order valence-corrected chi connectivity index (χ3v) is 6.16. The molecular weight excluding hydrogens is 386 g/mol. The van der Waals surface area contributed by atoms with E-state index in [1.54, 1.807) is 12.1 Å². The lowest BCUT2D eigenvalue weighted by atomic mass is 9.65. The number of methoxy groups -OCH3 is 3. The van der Waals surface area contributed by atoms with Gasteiger partial charge in [-0.2, -0.15) is 0 Å². The summed E-state index contributed by atoms with van der Waals surface area (Å²) in [7, 11) is 4.56. The first-order chi connectivity index (χ1) is 14.1. The molecule has 1 aromatic carbocycles. The second-order valence-corrected chi connectivity index (χ2v) is 9.61. The SMILES string of the molecule is COc1cc(CC(=O)OCC(=O)N2C[C@@]3(C)C[C@H]2CC(C)(C)C3)cc(OC)c1OC. The monoisotopic (exact) mass is 419 g/mol. The van der Waals surface area contributed by atoms with Crippen LogP contribution in [0.5, 0.6) is 17.2 Å². The number of carbonyl (C=O) groups excluding carboxylic acids is 2. The fourth-order valence-corrected chi connectivity index (χ4v) is 5.43. The average molecular weight is 420 g/mol. The summed E-state index contributed by atoms with van der Waals surface area (Å²) >= 11 is 0. The van der Waals surface area contributed by atoms with Crippen LogP contribution in [0.15, 0.2) is 12.1 Å². The zero-order chi connectivity index (χ0) is 22.1. The van der Waals surface area contributed by atoms with Gasteiger partial charge >= 0.3 is 5.97 Å². The highest BCUT2D eigenvalue weighted by atomic mass is 16.5. The number of nitrogens with zero attached hydrogens (tertiary/aromatic N) is 1. The number of ether oxygens (including phenoxy) is 4. The molecule has 2 aliphatic rings. The van der Waals surface area contributed by atoms with Crippen molar-refractivity contribution in [3.05, 3.63) is 17.7 Å². The van der Waals surface area contributed by atoms with E-state index in [9.17, 15) is 9.59 Å². The van der Waals surface area contributed by atoms with E-state index in [0.29, 0.717) is 22.8 Å². The van der Waals surface area contributed by atoms with Gasteiger partial charge in [0.05, 0.1) is 27.8 Å². The summed E-state index contributed by atoms with van der Waals surface area (Å²) in [5.74, 6) is 0.821. The quantitative estimate of drug-likeness (QED) is 0.632. The van der Waals surface area contributed by atoms with Crippen LogP contribution in [-0.2, 0) is 20.7 Å². The van der Waals surface area contributed by atoms with Gasteiger partial charge in [0.1, 0.15) is 0 Å². The van der Waals surface area contributed by atoms with Gasteiger partial charge < -0.3 is 23.8 Å². The van der Waals surface area contributed by atoms with Gasteiger partial charge in [0.2, 0.25) is 5.75 Å². The first-order valence-electron chi connectivity index (χ1n) is 10.3. The van der Waals surface area contributed by atoms with E-state index in [4.69, 9.17) is 18.9 Å². The summed E-state index contributed by atoms with van der Waals surface area (Å²) in [6, 6.07) is 3.65. The highest BCUT2D eigenvalue weighted by Crippen LogP contribution is 2.52. The first kappa shape index (κ1) is 22.2. The van der Waals surface area contributed by atoms with E-state index in [2.05, 4.69) is 20.8 Å². The Bertz CT molecular complexity index is 795. The number of fused-ring (bicyclic) bond motifs is 2. The smallest absolute Gasteiger partial charge is 0.310 e. The molecule has 1 amide bonds. The fourth-order valence-electron chi connectivity index (χ4n) is 5.43. The Morgan fingerprint density at radius 2 is 1.67 bits per heavy atom. The van der Waals surface area contributed by atoms with Crippen LogP contribution in [0.3, 0.4) is 0 Å². The van der Waals surface area contributed by atoms with Crippen LogP contribution in [0.25, 0.3) is 0 Å². The molecule has 1 saturated heterocycles. The van der Waals surface area contributed by atoms with Crippen molar-refractivity contribution in [2.75, 3.05) is 34.5 Å². The average Bonchev–Trinajstić information content (AvgIpc) is 2.93. The maximum absolute atomic E-state index is 12.8. The molecule has 1 aliphatic carbocycles. The van der Waals surface area contributed by atoms with E-state index in [1.165, 1.54) is 21.3 Å². The maximum Gasteiger partial charge on any atom is 0.310 e. The van der Waals surface area contributed by atoms with Crippen LogP contribution in [0.4, 0.5) is 0 Å². The van der Waals surface area contributed by atoms with Crippen molar-refractivity contribution in [3.8, 4) is 17.2 Å². The molecule has 1 aromatic rings. The predicted octanol–water partition coefficient (Wildman–Crippen LogP) is 3.23. The number of esters is 1. The lowest BCUT2D eigenvalue weighted by Crippen LogP contribution is -2.39. The first-order valence-corrected chi connectivity index (χ1v) is 10.3. The number of amides is 1. The summed E-state index contributed by atoms with van der Waals surface area (Å²) in [5.41, 5.74) is 1.05. The van der Waals surface area contributed by atoms with Crippen molar-refractivity contribution < 1.29 is 28.5 Å². The van der Waals surface area contributed by atoms with Crippen LogP contribution in [0.1, 0.15) is 45.6 Å². The van der Waals surface area contributed by atoms with Gasteiger partial charge in [-0.1, -0.05) is 20.8 Å². The Kier molecular flexibility index (Phi) is 6.20. The Morgan fingerprint density at radius 1 is 1.03 bits per heavy atom. The van der Waals surface area contributed by atoms with Crippen LogP contribution in [0.2, 0.25) is 0 Å². The Hall–Kier alpha value is -2.44. The molecule has 30 heavy (non-hydrogen) atoms. The minimum Gasteiger partial charge on any atom is -0.493 e. The van der Waals surface area contributed by atoms with E-state index in [-0.39, 0.29) is 35.8 Å². The van der Waals surface area contributed by atoms with Gasteiger partial charge in [0.25, 0.3) is 5.91 Å². The number of hydrogen-bond acceptors (Lipinski definition) is 6. The molecule has 2 fully saturated rings. The normalized spacial score (nSPS) is 24.3. The molecule has 2 bridgehead atoms. The molecule has 3 rings (SSSR count). The zero-order valence-electron chi connectivity index (χ0n) is 18.9. The van der Waals surface area contributed by atoms with Crippen molar-refractivity contribution >= 4 is 11.9 Å². The highest BCUT2D eigenvalue weighted by molar-refractivity contribution is 5.82. The number of carbonyl (C=O) groups is 2. The maximum atomic E-state index is 12.8. The van der Waals surface area contributed by atoms with Crippen LogP contribution >= 0.6 is 0 Å². The van der Waals surface area contributed by atoms with Crippen molar-refractivity contribution in [2.24, 2.45) is 10.8 Å². The molecule has 7 nitrogen and oxygen atoms in total. The van der Waals surface area contributed by atoms with Gasteiger partial charge in [-0.15, -0.1) is 0 Å². The van der Waals surface area contributed by atoms with E-state index >= 15 is 0 Å². The predicted molar refractivity (Wildman–Crippen MR) is 112 cm³/mol. The third kappa shape index (κ3) is 4.65. The number of benzene rings is 1. The summed E-state index contributed by atoms with van der Waals surface area (Å²) in [6.45, 7) is 7.30. The van der Waals surface area contributed by atoms with Gasteiger partial charge in [0.15, 0.2) is 18.1 Å². The molecule has 0 radical (unpaired) electrons. The lowest BCUT2D eigenvalue weighted by molar-refractivity contribution is -0.152. The van der Waals surface area contributed by atoms with E-state index in [0.717, 1.165) is 25.8 Å². The number of likely N-dealkylation sites (tertiary alicyclic amines) is 1. The van der Waals surface area contributed by atoms with E-state index < -0.39 is 5.97 Å². The molecule has 166 valence electrons. The molecule has 0 spiro atoms. The topological polar surface area (TPSA) is 74.3 Å². The number of hydrogen-bond donors (Lipinski definition) is 0. The summed E-state index contributed by atoms with van der Waals surface area (Å²) in [4.78, 5) is 27.1. The van der Waals surface area contributed by atoms with Crippen molar-refractivity contribution in [1.82, 2.24) is 4.90 Å². The third-order valence-electron chi connectivity index (χ3n) is 6.16. The minimum atomic E-state index is -0.466. The summed E-state index contributed by atoms with van der Waals surface area (Å²) < 4.78 is 21.2. The largest absolute Gasteiger partial charge is 0.493 e. The van der Waals surface area contributed by atoms with Crippen LogP contribution in [0, 0.1) is 10.8 Å². The van der Waals surface area contributed by atoms with Gasteiger partial charge in [0, 0.05) is 12.6 Å². The van der Waals surface area contributed by atoms with Gasteiger partial charge in [-0.25, -0.2) is 0 Å². The Morgan fingerprint density at radius 3 is 2.23 bits per heavy atom. The molecule has 1 aliphatic heterocycles. The lowest BCUT2D eigenvalue weighted by Gasteiger charge is -2.39. The van der Waals surface area contributed by atoms with Gasteiger partial charge in [-0.3, -0.25) is 9.59 Å². The molecular formula is C23H33NO6. The number of rotatable bonds is 7. The van der Waals surface area contributed by atoms with Crippen LogP contribution < -0.4 is 14.2 Å². The molecule has 0 N–H and O–H groups in total. The van der Waals surface area contributed by atoms with Gasteiger partial charge in [-0.05, 0) is 47.8 Å². The summed E-state index contributed by atoms with van der Waals surface area (Å²) in [6.07, 6.45) is 3.15. The molecule has 7 heteroatoms. The molecule has 2 atom stereocenters. The van der Waals surface area contributed by atoms with Crippen LogP contribution in [-0.4, -0.2) is 57.3 Å². The molecule has 0 aromatic heterocycles. The Labute approximate surface area is 178 Å². The molecule has 1 heterocycles. The highest BCUT2D eigenvalue weighted by Gasteiger charge is 2.50. The molecule has 0 unspecified atom stereocenters. The zero-order valence-corrected chi connectivity index (χ0v) is 18.9. The standard InChI is InChI=1S/C23H33NO6/c1-22(2)10-16-11-23(3,13-22)14-24(16)19(25)12-30-20(26)9-15-7-17(27-4)21(29-6)18(8-15)28-5/h7-8,16H,9-14H2,1-6H3/t16-,23+/m1/s1.